The van der Waals surface area contributed by atoms with Crippen LogP contribution in [0.15, 0.2) is 28.7 Å². The van der Waals surface area contributed by atoms with Crippen LogP contribution in [0.3, 0.4) is 0 Å². The monoisotopic (exact) mass is 294 g/mol. The van der Waals surface area contributed by atoms with Gasteiger partial charge in [-0.15, -0.1) is 0 Å². The summed E-state index contributed by atoms with van der Waals surface area (Å²) in [7, 11) is 0. The number of nitrogens with one attached hydrogen (secondary N) is 1. The fourth-order valence-corrected chi connectivity index (χ4v) is 3.56. The zero-order valence-electron chi connectivity index (χ0n) is 10.0. The van der Waals surface area contributed by atoms with Gasteiger partial charge in [-0.25, -0.2) is 0 Å². The third-order valence-corrected chi connectivity index (χ3v) is 4.58. The lowest BCUT2D eigenvalue weighted by molar-refractivity contribution is 0.220. The second kappa shape index (κ2) is 5.09. The van der Waals surface area contributed by atoms with Crippen LogP contribution in [-0.4, -0.2) is 30.6 Å². The largest absolute Gasteiger partial charge is 0.310 e. The summed E-state index contributed by atoms with van der Waals surface area (Å²) in [4.78, 5) is 2.60. The SMILES string of the molecule is Brc1cccc(CNC2CCN3CCC2C3)c1. The Bertz CT molecular complexity index is 394. The average Bonchev–Trinajstić information content (AvgIpc) is 2.71. The maximum Gasteiger partial charge on any atom is 0.0208 e. The van der Waals surface area contributed by atoms with E-state index in [9.17, 15) is 0 Å². The van der Waals surface area contributed by atoms with Gasteiger partial charge >= 0.3 is 0 Å². The van der Waals surface area contributed by atoms with Crippen molar-refractivity contribution in [3.05, 3.63) is 34.3 Å². The molecule has 3 unspecified atom stereocenters. The van der Waals surface area contributed by atoms with Crippen LogP contribution in [0.4, 0.5) is 0 Å². The molecule has 2 heterocycles. The van der Waals surface area contributed by atoms with E-state index < -0.39 is 0 Å². The van der Waals surface area contributed by atoms with Gasteiger partial charge in [0.05, 0.1) is 0 Å². The molecule has 0 radical (unpaired) electrons. The van der Waals surface area contributed by atoms with Gasteiger partial charge in [0.15, 0.2) is 0 Å². The Labute approximate surface area is 112 Å². The number of fused-ring (bicyclic) bond motifs is 2. The number of nitrogens with zero attached hydrogens (tertiary/aromatic N) is 1. The molecule has 2 bridgehead atoms. The van der Waals surface area contributed by atoms with E-state index in [-0.39, 0.29) is 0 Å². The van der Waals surface area contributed by atoms with Gasteiger partial charge in [0.1, 0.15) is 0 Å². The molecule has 3 heteroatoms. The Kier molecular flexibility index (Phi) is 3.50. The molecule has 0 amide bonds. The summed E-state index contributed by atoms with van der Waals surface area (Å²) < 4.78 is 1.17. The van der Waals surface area contributed by atoms with E-state index in [4.69, 9.17) is 0 Å². The van der Waals surface area contributed by atoms with Crippen molar-refractivity contribution in [1.82, 2.24) is 10.2 Å². The van der Waals surface area contributed by atoms with E-state index in [0.717, 1.165) is 18.5 Å². The molecule has 0 spiro atoms. The van der Waals surface area contributed by atoms with Gasteiger partial charge in [-0.3, -0.25) is 0 Å². The standard InChI is InChI=1S/C14H19BrN2/c15-13-3-1-2-11(8-13)9-16-14-5-7-17-6-4-12(14)10-17/h1-3,8,12,14,16H,4-7,9-10H2. The zero-order chi connectivity index (χ0) is 11.7. The highest BCUT2D eigenvalue weighted by atomic mass is 79.9. The van der Waals surface area contributed by atoms with Crippen LogP contribution < -0.4 is 5.32 Å². The fraction of sp³-hybridized carbons (Fsp3) is 0.571. The highest BCUT2D eigenvalue weighted by Gasteiger charge is 2.33. The third kappa shape index (κ3) is 2.72. The molecule has 0 aliphatic carbocycles. The normalized spacial score (nSPS) is 31.7. The van der Waals surface area contributed by atoms with Crippen LogP contribution in [-0.2, 0) is 6.54 Å². The molecule has 0 saturated carbocycles. The van der Waals surface area contributed by atoms with Crippen LogP contribution in [0.25, 0.3) is 0 Å². The Morgan fingerprint density at radius 1 is 1.29 bits per heavy atom. The Balaban J connectivity index is 1.57. The van der Waals surface area contributed by atoms with E-state index in [1.165, 1.54) is 42.5 Å². The number of benzene rings is 1. The minimum Gasteiger partial charge on any atom is -0.310 e. The van der Waals surface area contributed by atoms with E-state index in [0.29, 0.717) is 0 Å². The van der Waals surface area contributed by atoms with Gasteiger partial charge in [-0.1, -0.05) is 28.1 Å². The maximum atomic E-state index is 3.75. The van der Waals surface area contributed by atoms with E-state index in [1.54, 1.807) is 0 Å². The van der Waals surface area contributed by atoms with Gasteiger partial charge in [-0.05, 0) is 49.5 Å². The number of halogens is 1. The van der Waals surface area contributed by atoms with Crippen molar-refractivity contribution in [3.63, 3.8) is 0 Å². The molecule has 92 valence electrons. The summed E-state index contributed by atoms with van der Waals surface area (Å²) in [5.74, 6) is 0.885. The lowest BCUT2D eigenvalue weighted by Crippen LogP contribution is -2.43. The minimum absolute atomic E-state index is 0.729. The van der Waals surface area contributed by atoms with Crippen molar-refractivity contribution in [3.8, 4) is 0 Å². The molecule has 0 aromatic heterocycles. The summed E-state index contributed by atoms with van der Waals surface area (Å²) in [6.45, 7) is 4.92. The van der Waals surface area contributed by atoms with E-state index in [1.807, 2.05) is 0 Å². The first-order chi connectivity index (χ1) is 8.31. The number of hydrogen-bond donors (Lipinski definition) is 1. The second-order valence-electron chi connectivity index (χ2n) is 5.26. The molecular formula is C14H19BrN2. The van der Waals surface area contributed by atoms with Crippen molar-refractivity contribution in [1.29, 1.82) is 0 Å². The number of rotatable bonds is 3. The van der Waals surface area contributed by atoms with Gasteiger partial charge in [0.2, 0.25) is 0 Å². The maximum absolute atomic E-state index is 3.75. The Morgan fingerprint density at radius 3 is 3.06 bits per heavy atom. The molecule has 2 aliphatic heterocycles. The lowest BCUT2D eigenvalue weighted by atomic mass is 9.94. The number of piperidine rings is 1. The summed E-state index contributed by atoms with van der Waals surface area (Å²) >= 11 is 3.53. The van der Waals surface area contributed by atoms with Crippen LogP contribution in [0.5, 0.6) is 0 Å². The van der Waals surface area contributed by atoms with Crippen molar-refractivity contribution in [2.24, 2.45) is 5.92 Å². The first kappa shape index (κ1) is 11.7. The average molecular weight is 295 g/mol. The van der Waals surface area contributed by atoms with Gasteiger partial charge in [0.25, 0.3) is 0 Å². The van der Waals surface area contributed by atoms with Crippen molar-refractivity contribution in [2.45, 2.75) is 25.4 Å². The minimum atomic E-state index is 0.729. The van der Waals surface area contributed by atoms with Crippen LogP contribution in [0, 0.1) is 5.92 Å². The molecule has 2 nitrogen and oxygen atoms in total. The molecule has 2 aliphatic rings. The summed E-state index contributed by atoms with van der Waals surface area (Å²) in [5.41, 5.74) is 1.37. The van der Waals surface area contributed by atoms with Gasteiger partial charge in [-0.2, -0.15) is 0 Å². The second-order valence-corrected chi connectivity index (χ2v) is 6.17. The molecule has 2 saturated heterocycles. The van der Waals surface area contributed by atoms with E-state index >= 15 is 0 Å². The fourth-order valence-electron chi connectivity index (χ4n) is 3.12. The third-order valence-electron chi connectivity index (χ3n) is 4.09. The molecule has 17 heavy (non-hydrogen) atoms. The summed E-state index contributed by atoms with van der Waals surface area (Å²) in [5, 5.41) is 3.75. The Morgan fingerprint density at radius 2 is 2.18 bits per heavy atom. The predicted molar refractivity (Wildman–Crippen MR) is 73.9 cm³/mol. The zero-order valence-corrected chi connectivity index (χ0v) is 11.6. The number of hydrogen-bond acceptors (Lipinski definition) is 2. The highest BCUT2D eigenvalue weighted by Crippen LogP contribution is 2.27. The molecule has 1 aromatic rings. The summed E-state index contributed by atoms with van der Waals surface area (Å²) in [6.07, 6.45) is 2.70. The molecule has 1 aromatic carbocycles. The summed E-state index contributed by atoms with van der Waals surface area (Å²) in [6, 6.07) is 9.32. The van der Waals surface area contributed by atoms with Crippen LogP contribution in [0.1, 0.15) is 18.4 Å². The van der Waals surface area contributed by atoms with Crippen molar-refractivity contribution >= 4 is 15.9 Å². The smallest absolute Gasteiger partial charge is 0.0208 e. The first-order valence-electron chi connectivity index (χ1n) is 6.51. The molecular weight excluding hydrogens is 276 g/mol. The molecule has 2 fully saturated rings. The van der Waals surface area contributed by atoms with Gasteiger partial charge < -0.3 is 10.2 Å². The first-order valence-corrected chi connectivity index (χ1v) is 7.31. The topological polar surface area (TPSA) is 15.3 Å². The molecule has 1 N–H and O–H groups in total. The van der Waals surface area contributed by atoms with Crippen LogP contribution in [0.2, 0.25) is 0 Å². The van der Waals surface area contributed by atoms with Crippen molar-refractivity contribution < 1.29 is 0 Å². The molecule has 3 atom stereocenters. The predicted octanol–water partition coefficient (Wildman–Crippen LogP) is 2.63. The van der Waals surface area contributed by atoms with Crippen molar-refractivity contribution in [2.75, 3.05) is 19.6 Å². The lowest BCUT2D eigenvalue weighted by Gasteiger charge is -2.31. The highest BCUT2D eigenvalue weighted by molar-refractivity contribution is 9.10. The van der Waals surface area contributed by atoms with E-state index in [2.05, 4.69) is 50.4 Å². The Hall–Kier alpha value is -0.380. The van der Waals surface area contributed by atoms with Gasteiger partial charge in [0, 0.05) is 23.6 Å². The van der Waals surface area contributed by atoms with Crippen LogP contribution >= 0.6 is 15.9 Å². The molecule has 3 rings (SSSR count). The quantitative estimate of drug-likeness (QED) is 0.922.